The first-order valence-corrected chi connectivity index (χ1v) is 5.10. The van der Waals surface area contributed by atoms with E-state index in [1.54, 1.807) is 6.07 Å². The van der Waals surface area contributed by atoms with Crippen molar-refractivity contribution in [3.8, 4) is 6.07 Å². The Labute approximate surface area is 84.7 Å². The summed E-state index contributed by atoms with van der Waals surface area (Å²) in [4.78, 5) is 11.7. The normalized spacial score (nSPS) is 19.2. The molecule has 0 amide bonds. The fourth-order valence-electron chi connectivity index (χ4n) is 1.55. The van der Waals surface area contributed by atoms with Crippen LogP contribution in [0.25, 0.3) is 0 Å². The number of carbonyl (C=O) groups excluding carboxylic acids is 1. The van der Waals surface area contributed by atoms with Gasteiger partial charge in [-0.15, -0.1) is 11.3 Å². The number of nitriles is 1. The number of hydrogen-bond donors (Lipinski definition) is 0. The number of Topliss-reactive ketones (excluding diaryl/α,β-unsaturated/α-hetero) is 1. The highest BCUT2D eigenvalue weighted by atomic mass is 35.5. The van der Waals surface area contributed by atoms with Crippen molar-refractivity contribution >= 4 is 28.7 Å². The van der Waals surface area contributed by atoms with Crippen molar-refractivity contribution in [2.24, 2.45) is 0 Å². The molecule has 0 spiro atoms. The molecule has 1 aromatic heterocycles. The van der Waals surface area contributed by atoms with Crippen LogP contribution >= 0.6 is 22.9 Å². The van der Waals surface area contributed by atoms with Gasteiger partial charge in [0, 0.05) is 17.7 Å². The molecule has 66 valence electrons. The zero-order chi connectivity index (χ0) is 9.47. The molecule has 0 aliphatic heterocycles. The first kappa shape index (κ1) is 8.74. The van der Waals surface area contributed by atoms with Crippen LogP contribution in [0.15, 0.2) is 11.4 Å². The van der Waals surface area contributed by atoms with Gasteiger partial charge in [0.1, 0.15) is 11.2 Å². The molecule has 0 bridgehead atoms. The van der Waals surface area contributed by atoms with E-state index in [0.717, 1.165) is 4.88 Å². The highest BCUT2D eigenvalue weighted by Crippen LogP contribution is 2.45. The molecular weight excluding hydrogens is 206 g/mol. The first-order chi connectivity index (χ1) is 6.18. The van der Waals surface area contributed by atoms with Crippen LogP contribution in [-0.2, 0) is 10.2 Å². The van der Waals surface area contributed by atoms with Gasteiger partial charge in [-0.3, -0.25) is 4.79 Å². The van der Waals surface area contributed by atoms with Gasteiger partial charge in [0.15, 0.2) is 0 Å². The molecule has 0 saturated heterocycles. The Kier molecular flexibility index (Phi) is 1.90. The number of hydrogen-bond acceptors (Lipinski definition) is 3. The molecule has 0 N–H and O–H groups in total. The molecule has 2 nitrogen and oxygen atoms in total. The van der Waals surface area contributed by atoms with Crippen LogP contribution in [0.3, 0.4) is 0 Å². The van der Waals surface area contributed by atoms with Gasteiger partial charge in [0.25, 0.3) is 0 Å². The van der Waals surface area contributed by atoms with Crippen molar-refractivity contribution < 1.29 is 4.79 Å². The summed E-state index contributed by atoms with van der Waals surface area (Å²) >= 11 is 7.36. The van der Waals surface area contributed by atoms with Crippen LogP contribution < -0.4 is 0 Å². The summed E-state index contributed by atoms with van der Waals surface area (Å²) in [5, 5.41) is 11.5. The summed E-state index contributed by atoms with van der Waals surface area (Å²) < 4.78 is 0. The van der Waals surface area contributed by atoms with Crippen LogP contribution in [-0.4, -0.2) is 5.78 Å². The summed E-state index contributed by atoms with van der Waals surface area (Å²) in [5.41, 5.74) is -0.609. The minimum Gasteiger partial charge on any atom is -0.300 e. The fraction of sp³-hybridized carbons (Fsp3) is 0.333. The Morgan fingerprint density at radius 1 is 1.62 bits per heavy atom. The Hall–Kier alpha value is -0.850. The van der Waals surface area contributed by atoms with Crippen molar-refractivity contribution in [1.29, 1.82) is 5.26 Å². The van der Waals surface area contributed by atoms with Gasteiger partial charge < -0.3 is 0 Å². The van der Waals surface area contributed by atoms with E-state index in [0.29, 0.717) is 17.9 Å². The van der Waals surface area contributed by atoms with Gasteiger partial charge in [-0.25, -0.2) is 0 Å². The second kappa shape index (κ2) is 2.83. The van der Waals surface area contributed by atoms with E-state index in [-0.39, 0.29) is 5.78 Å². The maximum absolute atomic E-state index is 10.9. The topological polar surface area (TPSA) is 40.9 Å². The third kappa shape index (κ3) is 1.18. The van der Waals surface area contributed by atoms with Gasteiger partial charge in [0.05, 0.1) is 11.1 Å². The number of halogens is 1. The zero-order valence-corrected chi connectivity index (χ0v) is 8.28. The van der Waals surface area contributed by atoms with Gasteiger partial charge >= 0.3 is 0 Å². The lowest BCUT2D eigenvalue weighted by molar-refractivity contribution is -0.126. The third-order valence-corrected chi connectivity index (χ3v) is 3.81. The predicted molar refractivity (Wildman–Crippen MR) is 50.9 cm³/mol. The summed E-state index contributed by atoms with van der Waals surface area (Å²) in [6.45, 7) is 0. The molecular formula is C9H6ClNOS. The molecule has 13 heavy (non-hydrogen) atoms. The average Bonchev–Trinajstić information content (AvgIpc) is 2.46. The minimum atomic E-state index is -0.609. The molecule has 1 aromatic rings. The standard InChI is InChI=1S/C9H6ClNOS/c10-7-1-2-13-8(7)9(5-11)3-6(12)4-9/h1-2H,3-4H2. The molecule has 1 aliphatic carbocycles. The van der Waals surface area contributed by atoms with Gasteiger partial charge in [0.2, 0.25) is 0 Å². The maximum atomic E-state index is 10.9. The van der Waals surface area contributed by atoms with Crippen LogP contribution in [0.4, 0.5) is 0 Å². The number of thiophene rings is 1. The number of rotatable bonds is 1. The third-order valence-electron chi connectivity index (χ3n) is 2.26. The molecule has 2 rings (SSSR count). The lowest BCUT2D eigenvalue weighted by atomic mass is 9.68. The highest BCUT2D eigenvalue weighted by Gasteiger charge is 2.47. The summed E-state index contributed by atoms with van der Waals surface area (Å²) in [5.74, 6) is 0.144. The number of carbonyl (C=O) groups is 1. The molecule has 0 radical (unpaired) electrons. The Balaban J connectivity index is 2.41. The second-order valence-corrected chi connectivity index (χ2v) is 4.51. The van der Waals surface area contributed by atoms with Crippen LogP contribution in [0, 0.1) is 11.3 Å². The average molecular weight is 212 g/mol. The number of nitrogens with zero attached hydrogens (tertiary/aromatic N) is 1. The van der Waals surface area contributed by atoms with Crippen molar-refractivity contribution in [2.75, 3.05) is 0 Å². The zero-order valence-electron chi connectivity index (χ0n) is 6.71. The van der Waals surface area contributed by atoms with Crippen molar-refractivity contribution in [3.05, 3.63) is 21.3 Å². The monoisotopic (exact) mass is 211 g/mol. The molecule has 0 atom stereocenters. The molecule has 0 aromatic carbocycles. The van der Waals surface area contributed by atoms with E-state index in [2.05, 4.69) is 6.07 Å². The molecule has 1 heterocycles. The van der Waals surface area contributed by atoms with Gasteiger partial charge in [-0.1, -0.05) is 11.6 Å². The Morgan fingerprint density at radius 3 is 2.69 bits per heavy atom. The quantitative estimate of drug-likeness (QED) is 0.716. The van der Waals surface area contributed by atoms with Crippen molar-refractivity contribution in [1.82, 2.24) is 0 Å². The Bertz CT molecular complexity index is 396. The minimum absolute atomic E-state index is 0.144. The van der Waals surface area contributed by atoms with Gasteiger partial charge in [-0.2, -0.15) is 5.26 Å². The molecule has 1 saturated carbocycles. The van der Waals surface area contributed by atoms with Crippen molar-refractivity contribution in [2.45, 2.75) is 18.3 Å². The first-order valence-electron chi connectivity index (χ1n) is 3.84. The van der Waals surface area contributed by atoms with Crippen molar-refractivity contribution in [3.63, 3.8) is 0 Å². The lowest BCUT2D eigenvalue weighted by Gasteiger charge is -2.32. The highest BCUT2D eigenvalue weighted by molar-refractivity contribution is 7.10. The van der Waals surface area contributed by atoms with E-state index in [1.807, 2.05) is 5.38 Å². The largest absolute Gasteiger partial charge is 0.300 e. The fourth-order valence-corrected chi connectivity index (χ4v) is 2.94. The number of ketones is 1. The van der Waals surface area contributed by atoms with E-state index in [4.69, 9.17) is 16.9 Å². The van der Waals surface area contributed by atoms with E-state index in [9.17, 15) is 4.79 Å². The lowest BCUT2D eigenvalue weighted by Crippen LogP contribution is -2.39. The Morgan fingerprint density at radius 2 is 2.31 bits per heavy atom. The van der Waals surface area contributed by atoms with Crippen LogP contribution in [0.1, 0.15) is 17.7 Å². The predicted octanol–water partition coefficient (Wildman–Crippen LogP) is 2.53. The summed E-state index contributed by atoms with van der Waals surface area (Å²) in [7, 11) is 0. The van der Waals surface area contributed by atoms with Crippen LogP contribution in [0.5, 0.6) is 0 Å². The molecule has 1 aliphatic rings. The van der Waals surface area contributed by atoms with Gasteiger partial charge in [-0.05, 0) is 11.4 Å². The van der Waals surface area contributed by atoms with E-state index >= 15 is 0 Å². The molecule has 1 fully saturated rings. The summed E-state index contributed by atoms with van der Waals surface area (Å²) in [6.07, 6.45) is 0.646. The van der Waals surface area contributed by atoms with Crippen LogP contribution in [0.2, 0.25) is 5.02 Å². The maximum Gasteiger partial charge on any atom is 0.136 e. The smallest absolute Gasteiger partial charge is 0.136 e. The second-order valence-electron chi connectivity index (χ2n) is 3.18. The van der Waals surface area contributed by atoms with E-state index < -0.39 is 5.41 Å². The summed E-state index contributed by atoms with van der Waals surface area (Å²) in [6, 6.07) is 3.96. The molecule has 0 unspecified atom stereocenters. The SMILES string of the molecule is N#CC1(c2sccc2Cl)CC(=O)C1. The van der Waals surface area contributed by atoms with E-state index in [1.165, 1.54) is 11.3 Å². The molecule has 4 heteroatoms.